The average Bonchev–Trinajstić information content (AvgIpc) is 2.39. The Hall–Kier alpha value is -0.780. The Kier molecular flexibility index (Phi) is 5.29. The van der Waals surface area contributed by atoms with Gasteiger partial charge in [0.25, 0.3) is 0 Å². The van der Waals surface area contributed by atoms with Crippen LogP contribution in [0.25, 0.3) is 0 Å². The highest BCUT2D eigenvalue weighted by atomic mass is 79.9. The second-order valence-corrected chi connectivity index (χ2v) is 6.03. The van der Waals surface area contributed by atoms with E-state index in [2.05, 4.69) is 32.8 Å². The third-order valence-electron chi connectivity index (χ3n) is 2.86. The van der Waals surface area contributed by atoms with Crippen molar-refractivity contribution in [3.05, 3.63) is 55.2 Å². The molecule has 0 spiro atoms. The molecule has 0 fully saturated rings. The van der Waals surface area contributed by atoms with Crippen LogP contribution in [0.1, 0.15) is 30.4 Å². The normalized spacial score (nSPS) is 10.8. The highest BCUT2D eigenvalue weighted by Crippen LogP contribution is 2.22. The first-order chi connectivity index (χ1) is 9.51. The van der Waals surface area contributed by atoms with E-state index in [9.17, 15) is 4.39 Å². The summed E-state index contributed by atoms with van der Waals surface area (Å²) in [5.74, 6) is 0.386. The number of benzene rings is 1. The number of aromatic nitrogens is 2. The number of rotatable bonds is 4. The molecule has 106 valence electrons. The fourth-order valence-electron chi connectivity index (χ4n) is 1.91. The zero-order valence-electron chi connectivity index (χ0n) is 10.8. The van der Waals surface area contributed by atoms with Gasteiger partial charge in [-0.1, -0.05) is 43.2 Å². The van der Waals surface area contributed by atoms with Gasteiger partial charge >= 0.3 is 0 Å². The number of nitrogens with one attached hydrogen (secondary N) is 1. The maximum atomic E-state index is 13.0. The molecular weight excluding hydrogens is 363 g/mol. The van der Waals surface area contributed by atoms with Gasteiger partial charge in [-0.25, -0.2) is 9.37 Å². The topological polar surface area (TPSA) is 28.7 Å². The lowest BCUT2D eigenvalue weighted by Crippen LogP contribution is -2.03. The van der Waals surface area contributed by atoms with Gasteiger partial charge in [0.05, 0.1) is 4.47 Å². The van der Waals surface area contributed by atoms with Crippen LogP contribution in [-0.4, -0.2) is 9.97 Å². The van der Waals surface area contributed by atoms with E-state index in [0.717, 1.165) is 34.4 Å². The predicted molar refractivity (Wildman–Crippen MR) is 85.3 cm³/mol. The smallest absolute Gasteiger partial charge is 0.144 e. The second-order valence-electron chi connectivity index (χ2n) is 4.44. The number of nitrogens with zero attached hydrogens (tertiary/aromatic N) is 1. The number of aryl methyl sites for hydroxylation is 1. The fourth-order valence-corrected chi connectivity index (χ4v) is 2.76. The van der Waals surface area contributed by atoms with E-state index < -0.39 is 0 Å². The summed E-state index contributed by atoms with van der Waals surface area (Å²) in [6.45, 7) is 2.10. The van der Waals surface area contributed by atoms with E-state index in [4.69, 9.17) is 23.8 Å². The summed E-state index contributed by atoms with van der Waals surface area (Å²) in [6, 6.07) is 4.36. The van der Waals surface area contributed by atoms with Crippen LogP contribution in [0.15, 0.2) is 22.7 Å². The minimum atomic E-state index is -0.345. The monoisotopic (exact) mass is 374 g/mol. The Morgan fingerprint density at radius 3 is 2.85 bits per heavy atom. The maximum absolute atomic E-state index is 13.0. The Morgan fingerprint density at radius 1 is 1.45 bits per heavy atom. The molecule has 20 heavy (non-hydrogen) atoms. The maximum Gasteiger partial charge on any atom is 0.144 e. The van der Waals surface area contributed by atoms with E-state index in [0.29, 0.717) is 16.1 Å². The zero-order chi connectivity index (χ0) is 14.7. The molecule has 1 N–H and O–H groups in total. The highest BCUT2D eigenvalue weighted by Gasteiger charge is 2.09. The van der Waals surface area contributed by atoms with Crippen LogP contribution < -0.4 is 0 Å². The van der Waals surface area contributed by atoms with Crippen molar-refractivity contribution in [1.29, 1.82) is 0 Å². The van der Waals surface area contributed by atoms with Gasteiger partial charge in [0.1, 0.15) is 16.3 Å². The van der Waals surface area contributed by atoms with Gasteiger partial charge in [-0.15, -0.1) is 0 Å². The summed E-state index contributed by atoms with van der Waals surface area (Å²) in [5.41, 5.74) is 1.84. The molecular formula is C14H13BrClFN2S. The largest absolute Gasteiger partial charge is 0.346 e. The van der Waals surface area contributed by atoms with Crippen molar-refractivity contribution in [3.8, 4) is 0 Å². The molecule has 6 heteroatoms. The summed E-state index contributed by atoms with van der Waals surface area (Å²) in [7, 11) is 0. The number of H-pyrrole nitrogens is 1. The van der Waals surface area contributed by atoms with Gasteiger partial charge in [0.15, 0.2) is 0 Å². The first-order valence-electron chi connectivity index (χ1n) is 6.22. The van der Waals surface area contributed by atoms with E-state index in [1.54, 1.807) is 6.07 Å². The van der Waals surface area contributed by atoms with Crippen LogP contribution in [-0.2, 0) is 12.8 Å². The van der Waals surface area contributed by atoms with Crippen molar-refractivity contribution < 1.29 is 4.39 Å². The Morgan fingerprint density at radius 2 is 2.20 bits per heavy atom. The fraction of sp³-hybridized carbons (Fsp3) is 0.286. The molecule has 0 radical (unpaired) electrons. The Bertz CT molecular complexity index is 687. The lowest BCUT2D eigenvalue weighted by Gasteiger charge is -2.09. The van der Waals surface area contributed by atoms with Crippen LogP contribution in [0.4, 0.5) is 4.39 Å². The summed E-state index contributed by atoms with van der Waals surface area (Å²) in [5, 5.41) is 0.395. The van der Waals surface area contributed by atoms with E-state index in [-0.39, 0.29) is 5.82 Å². The second kappa shape index (κ2) is 6.78. The van der Waals surface area contributed by atoms with Crippen molar-refractivity contribution in [2.45, 2.75) is 26.2 Å². The van der Waals surface area contributed by atoms with E-state index >= 15 is 0 Å². The molecule has 0 atom stereocenters. The molecule has 0 unspecified atom stereocenters. The molecule has 0 bridgehead atoms. The zero-order valence-corrected chi connectivity index (χ0v) is 14.0. The third kappa shape index (κ3) is 3.65. The van der Waals surface area contributed by atoms with Crippen LogP contribution in [0, 0.1) is 10.5 Å². The van der Waals surface area contributed by atoms with Crippen LogP contribution in [0.2, 0.25) is 5.02 Å². The number of halogens is 3. The minimum absolute atomic E-state index is 0.345. The number of aromatic amines is 1. The molecule has 2 rings (SSSR count). The predicted octanol–water partition coefficient (Wildman–Crippen LogP) is 5.24. The Labute approximate surface area is 135 Å². The van der Waals surface area contributed by atoms with Crippen molar-refractivity contribution in [2.24, 2.45) is 0 Å². The minimum Gasteiger partial charge on any atom is -0.346 e. The van der Waals surface area contributed by atoms with Crippen molar-refractivity contribution in [2.75, 3.05) is 0 Å². The standard InChI is InChI=1S/C14H13BrClFN2S/c1-2-3-11-13(15)14(20)19-12(18-11)6-8-4-5-9(17)7-10(8)16/h4-5,7H,2-3,6H2,1H3,(H,18,19,20). The van der Waals surface area contributed by atoms with Gasteiger partial charge < -0.3 is 4.98 Å². The van der Waals surface area contributed by atoms with Crippen molar-refractivity contribution in [3.63, 3.8) is 0 Å². The van der Waals surface area contributed by atoms with Crippen LogP contribution >= 0.6 is 39.7 Å². The molecule has 0 amide bonds. The molecule has 0 saturated carbocycles. The van der Waals surface area contributed by atoms with Crippen molar-refractivity contribution >= 4 is 39.7 Å². The van der Waals surface area contributed by atoms with Gasteiger partial charge in [0, 0.05) is 17.1 Å². The number of hydrogen-bond acceptors (Lipinski definition) is 2. The summed E-state index contributed by atoms with van der Waals surface area (Å²) in [4.78, 5) is 7.60. The number of hydrogen-bond donors (Lipinski definition) is 1. The van der Waals surface area contributed by atoms with Gasteiger partial charge in [-0.3, -0.25) is 0 Å². The molecule has 0 aliphatic heterocycles. The van der Waals surface area contributed by atoms with Gasteiger partial charge in [-0.2, -0.15) is 0 Å². The molecule has 1 heterocycles. The Balaban J connectivity index is 2.36. The van der Waals surface area contributed by atoms with Gasteiger partial charge in [-0.05, 0) is 40.0 Å². The summed E-state index contributed by atoms with van der Waals surface area (Å²) >= 11 is 14.7. The summed E-state index contributed by atoms with van der Waals surface area (Å²) in [6.07, 6.45) is 2.38. The van der Waals surface area contributed by atoms with Crippen LogP contribution in [0.5, 0.6) is 0 Å². The van der Waals surface area contributed by atoms with Crippen LogP contribution in [0.3, 0.4) is 0 Å². The molecule has 1 aromatic carbocycles. The quantitative estimate of drug-likeness (QED) is 0.741. The van der Waals surface area contributed by atoms with Crippen molar-refractivity contribution in [1.82, 2.24) is 9.97 Å². The summed E-state index contributed by atoms with van der Waals surface area (Å²) < 4.78 is 14.4. The first-order valence-corrected chi connectivity index (χ1v) is 7.80. The lowest BCUT2D eigenvalue weighted by molar-refractivity contribution is 0.627. The molecule has 0 saturated heterocycles. The van der Waals surface area contributed by atoms with Gasteiger partial charge in [0.2, 0.25) is 0 Å². The SMILES string of the molecule is CCCc1[nH]c(Cc2ccc(F)cc2Cl)nc(=S)c1Br. The average molecular weight is 376 g/mol. The molecule has 2 nitrogen and oxygen atoms in total. The molecule has 0 aliphatic rings. The molecule has 1 aromatic heterocycles. The molecule has 2 aromatic rings. The molecule has 0 aliphatic carbocycles. The van der Waals surface area contributed by atoms with E-state index in [1.165, 1.54) is 12.1 Å². The third-order valence-corrected chi connectivity index (χ3v) is 4.62. The first kappa shape index (κ1) is 15.6. The highest BCUT2D eigenvalue weighted by molar-refractivity contribution is 9.10. The lowest BCUT2D eigenvalue weighted by atomic mass is 10.1. The van der Waals surface area contributed by atoms with E-state index in [1.807, 2.05) is 0 Å².